The minimum absolute atomic E-state index is 0.0195. The van der Waals surface area contributed by atoms with Crippen molar-refractivity contribution in [3.05, 3.63) is 16.5 Å². The Bertz CT molecular complexity index is 475. The number of carboxylic acids is 1. The third-order valence-electron chi connectivity index (χ3n) is 2.32. The van der Waals surface area contributed by atoms with Gasteiger partial charge in [0.2, 0.25) is 11.8 Å². The first-order chi connectivity index (χ1) is 7.50. The van der Waals surface area contributed by atoms with Crippen molar-refractivity contribution < 1.29 is 19.5 Å². The molecule has 1 saturated heterocycles. The van der Waals surface area contributed by atoms with Crippen LogP contribution in [-0.2, 0) is 9.59 Å². The first-order valence-electron chi connectivity index (χ1n) is 4.70. The molecule has 84 valence electrons. The Morgan fingerprint density at radius 2 is 1.94 bits per heavy atom. The highest BCUT2D eigenvalue weighted by Gasteiger charge is 2.34. The molecule has 0 unspecified atom stereocenters. The molecule has 1 aliphatic heterocycles. The maximum Gasteiger partial charge on any atom is 0.338 e. The van der Waals surface area contributed by atoms with Crippen molar-refractivity contribution in [1.82, 2.24) is 0 Å². The van der Waals surface area contributed by atoms with Crippen LogP contribution in [0.5, 0.6) is 0 Å². The zero-order valence-corrected chi connectivity index (χ0v) is 9.34. The van der Waals surface area contributed by atoms with Crippen LogP contribution < -0.4 is 4.90 Å². The number of hydrogen-bond donors (Lipinski definition) is 1. The number of anilines is 1. The van der Waals surface area contributed by atoms with Crippen LogP contribution in [0.2, 0.25) is 0 Å². The van der Waals surface area contributed by atoms with Crippen molar-refractivity contribution in [2.45, 2.75) is 19.8 Å². The van der Waals surface area contributed by atoms with Crippen molar-refractivity contribution in [3.63, 3.8) is 0 Å². The van der Waals surface area contributed by atoms with E-state index in [1.165, 1.54) is 6.07 Å². The minimum Gasteiger partial charge on any atom is -0.478 e. The first kappa shape index (κ1) is 10.8. The Morgan fingerprint density at radius 3 is 2.44 bits per heavy atom. The number of rotatable bonds is 2. The summed E-state index contributed by atoms with van der Waals surface area (Å²) < 4.78 is 0. The van der Waals surface area contributed by atoms with E-state index in [1.54, 1.807) is 6.92 Å². The monoisotopic (exact) mass is 239 g/mol. The van der Waals surface area contributed by atoms with Gasteiger partial charge in [-0.3, -0.25) is 9.59 Å². The van der Waals surface area contributed by atoms with Gasteiger partial charge in [0.25, 0.3) is 0 Å². The summed E-state index contributed by atoms with van der Waals surface area (Å²) in [5.41, 5.74) is 0.0195. The zero-order valence-electron chi connectivity index (χ0n) is 8.52. The maximum atomic E-state index is 11.5. The lowest BCUT2D eigenvalue weighted by atomic mass is 10.3. The molecule has 16 heavy (non-hydrogen) atoms. The van der Waals surface area contributed by atoms with E-state index >= 15 is 0 Å². The number of nitrogens with zero attached hydrogens (tertiary/aromatic N) is 1. The SMILES string of the molecule is Cc1cc(C(=O)O)c(N2C(=O)CCC2=O)s1. The summed E-state index contributed by atoms with van der Waals surface area (Å²) in [6, 6.07) is 1.47. The summed E-state index contributed by atoms with van der Waals surface area (Å²) in [4.78, 5) is 35.7. The van der Waals surface area contributed by atoms with Crippen LogP contribution in [0.15, 0.2) is 6.07 Å². The van der Waals surface area contributed by atoms with Crippen LogP contribution >= 0.6 is 11.3 Å². The lowest BCUT2D eigenvalue weighted by Crippen LogP contribution is -2.29. The molecule has 5 nitrogen and oxygen atoms in total. The van der Waals surface area contributed by atoms with Gasteiger partial charge in [0, 0.05) is 17.7 Å². The van der Waals surface area contributed by atoms with Crippen molar-refractivity contribution in [2.24, 2.45) is 0 Å². The third-order valence-corrected chi connectivity index (χ3v) is 3.36. The molecule has 0 aromatic carbocycles. The molecule has 1 aromatic rings. The van der Waals surface area contributed by atoms with E-state index in [0.29, 0.717) is 0 Å². The summed E-state index contributed by atoms with van der Waals surface area (Å²) in [6.07, 6.45) is 0.323. The smallest absolute Gasteiger partial charge is 0.338 e. The van der Waals surface area contributed by atoms with Gasteiger partial charge < -0.3 is 5.11 Å². The summed E-state index contributed by atoms with van der Waals surface area (Å²) in [7, 11) is 0. The lowest BCUT2D eigenvalue weighted by Gasteiger charge is -2.11. The molecule has 0 aliphatic carbocycles. The fraction of sp³-hybridized carbons (Fsp3) is 0.300. The van der Waals surface area contributed by atoms with E-state index in [2.05, 4.69) is 0 Å². The standard InChI is InChI=1S/C10H9NO4S/c1-5-4-6(10(14)15)9(16-5)11-7(12)2-3-8(11)13/h4H,2-3H2,1H3,(H,14,15). The van der Waals surface area contributed by atoms with E-state index in [1.807, 2.05) is 0 Å². The molecule has 1 aliphatic rings. The van der Waals surface area contributed by atoms with Gasteiger partial charge in [0.05, 0.1) is 5.56 Å². The van der Waals surface area contributed by atoms with Crippen LogP contribution in [0, 0.1) is 6.92 Å². The van der Waals surface area contributed by atoms with E-state index < -0.39 is 5.97 Å². The van der Waals surface area contributed by atoms with Gasteiger partial charge in [-0.2, -0.15) is 0 Å². The predicted octanol–water partition coefficient (Wildman–Crippen LogP) is 1.41. The van der Waals surface area contributed by atoms with Crippen LogP contribution in [0.25, 0.3) is 0 Å². The average molecular weight is 239 g/mol. The summed E-state index contributed by atoms with van der Waals surface area (Å²) in [5.74, 6) is -1.77. The normalized spacial score (nSPS) is 15.9. The van der Waals surface area contributed by atoms with Gasteiger partial charge in [-0.1, -0.05) is 0 Å². The van der Waals surface area contributed by atoms with E-state index in [9.17, 15) is 14.4 Å². The highest BCUT2D eigenvalue weighted by molar-refractivity contribution is 7.17. The van der Waals surface area contributed by atoms with Gasteiger partial charge in [-0.15, -0.1) is 11.3 Å². The molecule has 2 rings (SSSR count). The minimum atomic E-state index is -1.12. The molecule has 0 atom stereocenters. The largest absolute Gasteiger partial charge is 0.478 e. The van der Waals surface area contributed by atoms with Crippen LogP contribution in [0.3, 0.4) is 0 Å². The molecular weight excluding hydrogens is 230 g/mol. The molecule has 0 saturated carbocycles. The molecule has 1 fully saturated rings. The number of carboxylic acid groups (broad SMARTS) is 1. The van der Waals surface area contributed by atoms with Gasteiger partial charge in [-0.05, 0) is 13.0 Å². The highest BCUT2D eigenvalue weighted by Crippen LogP contribution is 2.34. The number of hydrogen-bond acceptors (Lipinski definition) is 4. The van der Waals surface area contributed by atoms with Crippen LogP contribution in [0.4, 0.5) is 5.00 Å². The van der Waals surface area contributed by atoms with E-state index in [0.717, 1.165) is 21.1 Å². The number of aryl methyl sites for hydroxylation is 1. The summed E-state index contributed by atoms with van der Waals surface area (Å²) >= 11 is 1.15. The molecule has 1 N–H and O–H groups in total. The molecule has 0 spiro atoms. The number of carbonyl (C=O) groups is 3. The molecule has 0 bridgehead atoms. The lowest BCUT2D eigenvalue weighted by molar-refractivity contribution is -0.121. The Morgan fingerprint density at radius 1 is 1.38 bits per heavy atom. The second-order valence-electron chi connectivity index (χ2n) is 3.50. The number of carbonyl (C=O) groups excluding carboxylic acids is 2. The topological polar surface area (TPSA) is 74.7 Å². The van der Waals surface area contributed by atoms with Crippen molar-refractivity contribution >= 4 is 34.1 Å². The van der Waals surface area contributed by atoms with E-state index in [-0.39, 0.29) is 35.2 Å². The van der Waals surface area contributed by atoms with Crippen LogP contribution in [-0.4, -0.2) is 22.9 Å². The number of aromatic carboxylic acids is 1. The van der Waals surface area contributed by atoms with Crippen LogP contribution in [0.1, 0.15) is 28.1 Å². The van der Waals surface area contributed by atoms with Gasteiger partial charge in [0.15, 0.2) is 0 Å². The Kier molecular flexibility index (Phi) is 2.51. The van der Waals surface area contributed by atoms with Crippen molar-refractivity contribution in [1.29, 1.82) is 0 Å². The first-order valence-corrected chi connectivity index (χ1v) is 5.52. The zero-order chi connectivity index (χ0) is 11.9. The quantitative estimate of drug-likeness (QED) is 0.792. The fourth-order valence-corrected chi connectivity index (χ4v) is 2.66. The molecule has 6 heteroatoms. The number of amides is 2. The molecule has 1 aromatic heterocycles. The highest BCUT2D eigenvalue weighted by atomic mass is 32.1. The Hall–Kier alpha value is -1.69. The van der Waals surface area contributed by atoms with E-state index in [4.69, 9.17) is 5.11 Å². The third kappa shape index (κ3) is 1.61. The fourth-order valence-electron chi connectivity index (χ4n) is 1.62. The summed E-state index contributed by atoms with van der Waals surface area (Å²) in [5, 5.41) is 9.20. The average Bonchev–Trinajstić information content (AvgIpc) is 2.70. The molecular formula is C10H9NO4S. The molecule has 2 heterocycles. The van der Waals surface area contributed by atoms with Crippen molar-refractivity contribution in [3.8, 4) is 0 Å². The van der Waals surface area contributed by atoms with Crippen molar-refractivity contribution in [2.75, 3.05) is 4.90 Å². The number of thiophene rings is 1. The Balaban J connectivity index is 2.50. The predicted molar refractivity (Wildman–Crippen MR) is 57.7 cm³/mol. The molecule has 2 amide bonds. The summed E-state index contributed by atoms with van der Waals surface area (Å²) in [6.45, 7) is 1.74. The van der Waals surface area contributed by atoms with Gasteiger partial charge in [-0.25, -0.2) is 9.69 Å². The van der Waals surface area contributed by atoms with Gasteiger partial charge >= 0.3 is 5.97 Å². The van der Waals surface area contributed by atoms with Gasteiger partial charge in [0.1, 0.15) is 5.00 Å². The molecule has 0 radical (unpaired) electrons. The Labute approximate surface area is 95.3 Å². The maximum absolute atomic E-state index is 11.5. The second kappa shape index (κ2) is 3.71. The number of imide groups is 1. The second-order valence-corrected chi connectivity index (χ2v) is 4.74.